The molecule has 1 heterocycles. The molecule has 98 valence electrons. The number of anilines is 1. The van der Waals surface area contributed by atoms with Gasteiger partial charge < -0.3 is 11.1 Å². The van der Waals surface area contributed by atoms with Crippen molar-refractivity contribution < 1.29 is 4.79 Å². The molecule has 1 amide bonds. The Bertz CT molecular complexity index is 596. The summed E-state index contributed by atoms with van der Waals surface area (Å²) >= 11 is 3.37. The number of benzene rings is 1. The highest BCUT2D eigenvalue weighted by Crippen LogP contribution is 2.12. The fourth-order valence-corrected chi connectivity index (χ4v) is 1.91. The Balaban J connectivity index is 2.03. The van der Waals surface area contributed by atoms with Crippen molar-refractivity contribution in [2.75, 3.05) is 5.73 Å². The van der Waals surface area contributed by atoms with Crippen molar-refractivity contribution in [2.45, 2.75) is 13.5 Å². The molecule has 0 saturated heterocycles. The van der Waals surface area contributed by atoms with E-state index in [1.807, 2.05) is 31.2 Å². The Hall–Kier alpha value is -1.88. The van der Waals surface area contributed by atoms with Crippen molar-refractivity contribution in [3.63, 3.8) is 0 Å². The highest BCUT2D eigenvalue weighted by Gasteiger charge is 2.09. The first-order chi connectivity index (χ1) is 9.06. The average Bonchev–Trinajstić information content (AvgIpc) is 2.37. The van der Waals surface area contributed by atoms with Crippen LogP contribution in [0.3, 0.4) is 0 Å². The summed E-state index contributed by atoms with van der Waals surface area (Å²) in [5, 5.41) is 2.82. The van der Waals surface area contributed by atoms with E-state index in [4.69, 9.17) is 5.73 Å². The van der Waals surface area contributed by atoms with Gasteiger partial charge in [0, 0.05) is 28.6 Å². The fourth-order valence-electron chi connectivity index (χ4n) is 1.65. The van der Waals surface area contributed by atoms with Gasteiger partial charge in [-0.25, -0.2) is 0 Å². The lowest BCUT2D eigenvalue weighted by molar-refractivity contribution is 0.0951. The molecule has 5 heteroatoms. The Labute approximate surface area is 120 Å². The molecule has 2 aromatic rings. The molecule has 4 nitrogen and oxygen atoms in total. The molecule has 2 rings (SSSR count). The molecule has 0 radical (unpaired) electrons. The van der Waals surface area contributed by atoms with Crippen molar-refractivity contribution >= 4 is 27.5 Å². The molecular weight excluding hydrogens is 306 g/mol. The van der Waals surface area contributed by atoms with E-state index in [2.05, 4.69) is 26.2 Å². The fraction of sp³-hybridized carbons (Fsp3) is 0.143. The number of nitrogens with zero attached hydrogens (tertiary/aromatic N) is 1. The second-order valence-electron chi connectivity index (χ2n) is 4.22. The average molecular weight is 320 g/mol. The summed E-state index contributed by atoms with van der Waals surface area (Å²) in [6.07, 6.45) is 1.50. The quantitative estimate of drug-likeness (QED) is 0.913. The van der Waals surface area contributed by atoms with E-state index in [0.717, 1.165) is 15.7 Å². The van der Waals surface area contributed by atoms with Gasteiger partial charge in [0.15, 0.2) is 0 Å². The maximum atomic E-state index is 12.0. The van der Waals surface area contributed by atoms with Crippen LogP contribution in [0, 0.1) is 6.92 Å². The van der Waals surface area contributed by atoms with Gasteiger partial charge >= 0.3 is 0 Å². The number of halogens is 1. The third-order valence-electron chi connectivity index (χ3n) is 2.68. The van der Waals surface area contributed by atoms with Gasteiger partial charge in [0.25, 0.3) is 5.91 Å². The highest BCUT2D eigenvalue weighted by molar-refractivity contribution is 9.10. The first-order valence-corrected chi connectivity index (χ1v) is 6.60. The van der Waals surface area contributed by atoms with Gasteiger partial charge in [-0.1, -0.05) is 28.1 Å². The molecular formula is C14H14BrN3O. The maximum absolute atomic E-state index is 12.0. The van der Waals surface area contributed by atoms with E-state index in [-0.39, 0.29) is 5.91 Å². The topological polar surface area (TPSA) is 68.0 Å². The van der Waals surface area contributed by atoms with Crippen LogP contribution in [0.15, 0.2) is 41.0 Å². The van der Waals surface area contributed by atoms with Gasteiger partial charge in [-0.3, -0.25) is 9.78 Å². The lowest BCUT2D eigenvalue weighted by atomic mass is 10.2. The normalized spacial score (nSPS) is 10.2. The summed E-state index contributed by atoms with van der Waals surface area (Å²) in [4.78, 5) is 16.1. The predicted octanol–water partition coefficient (Wildman–Crippen LogP) is 2.66. The maximum Gasteiger partial charge on any atom is 0.255 e. The Morgan fingerprint density at radius 3 is 2.68 bits per heavy atom. The summed E-state index contributed by atoms with van der Waals surface area (Å²) in [7, 11) is 0. The van der Waals surface area contributed by atoms with Crippen LogP contribution in [0.25, 0.3) is 0 Å². The van der Waals surface area contributed by atoms with E-state index < -0.39 is 0 Å². The standard InChI is InChI=1S/C14H14BrN3O/c1-9-6-13(16)12(8-17-9)14(19)18-7-10-2-4-11(15)5-3-10/h2-6,8H,7H2,1H3,(H2,16,17)(H,18,19). The second-order valence-corrected chi connectivity index (χ2v) is 5.14. The van der Waals surface area contributed by atoms with Gasteiger partial charge in [0.2, 0.25) is 0 Å². The number of carbonyl (C=O) groups excluding carboxylic acids is 1. The van der Waals surface area contributed by atoms with E-state index >= 15 is 0 Å². The van der Waals surface area contributed by atoms with Crippen molar-refractivity contribution in [1.29, 1.82) is 0 Å². The number of aryl methyl sites for hydroxylation is 1. The van der Waals surface area contributed by atoms with Crippen LogP contribution in [-0.4, -0.2) is 10.9 Å². The number of nitrogen functional groups attached to an aromatic ring is 1. The summed E-state index contributed by atoms with van der Waals surface area (Å²) in [6, 6.07) is 9.45. The first kappa shape index (κ1) is 13.5. The molecule has 0 aliphatic rings. The molecule has 0 aliphatic carbocycles. The molecule has 0 fully saturated rings. The monoisotopic (exact) mass is 319 g/mol. The van der Waals surface area contributed by atoms with Crippen molar-refractivity contribution in [3.05, 3.63) is 57.8 Å². The number of carbonyl (C=O) groups is 1. The van der Waals surface area contributed by atoms with Gasteiger partial charge in [-0.05, 0) is 30.7 Å². The van der Waals surface area contributed by atoms with Crippen LogP contribution in [-0.2, 0) is 6.54 Å². The summed E-state index contributed by atoms with van der Waals surface area (Å²) in [5.41, 5.74) is 8.47. The summed E-state index contributed by atoms with van der Waals surface area (Å²) < 4.78 is 1.01. The van der Waals surface area contributed by atoms with E-state index in [9.17, 15) is 4.79 Å². The number of pyridine rings is 1. The molecule has 1 aromatic carbocycles. The molecule has 0 aliphatic heterocycles. The summed E-state index contributed by atoms with van der Waals surface area (Å²) in [6.45, 7) is 2.29. The van der Waals surface area contributed by atoms with Gasteiger partial charge in [-0.15, -0.1) is 0 Å². The minimum atomic E-state index is -0.215. The molecule has 0 atom stereocenters. The number of nitrogens with two attached hydrogens (primary N) is 1. The lowest BCUT2D eigenvalue weighted by Crippen LogP contribution is -2.24. The lowest BCUT2D eigenvalue weighted by Gasteiger charge is -2.08. The van der Waals surface area contributed by atoms with Gasteiger partial charge in [-0.2, -0.15) is 0 Å². The third kappa shape index (κ3) is 3.54. The molecule has 3 N–H and O–H groups in total. The number of rotatable bonds is 3. The molecule has 19 heavy (non-hydrogen) atoms. The molecule has 1 aromatic heterocycles. The minimum absolute atomic E-state index is 0.215. The number of aromatic nitrogens is 1. The van der Waals surface area contributed by atoms with Crippen LogP contribution < -0.4 is 11.1 Å². The zero-order chi connectivity index (χ0) is 13.8. The molecule has 0 spiro atoms. The second kappa shape index (κ2) is 5.84. The van der Waals surface area contributed by atoms with Crippen LogP contribution in [0.5, 0.6) is 0 Å². The zero-order valence-electron chi connectivity index (χ0n) is 10.5. The van der Waals surface area contributed by atoms with Crippen LogP contribution >= 0.6 is 15.9 Å². The molecule has 0 unspecified atom stereocenters. The van der Waals surface area contributed by atoms with E-state index in [0.29, 0.717) is 17.8 Å². The minimum Gasteiger partial charge on any atom is -0.398 e. The van der Waals surface area contributed by atoms with E-state index in [1.165, 1.54) is 6.20 Å². The van der Waals surface area contributed by atoms with E-state index in [1.54, 1.807) is 6.07 Å². The number of hydrogen-bond acceptors (Lipinski definition) is 3. The van der Waals surface area contributed by atoms with Crippen molar-refractivity contribution in [1.82, 2.24) is 10.3 Å². The Kier molecular flexibility index (Phi) is 4.16. The largest absolute Gasteiger partial charge is 0.398 e. The smallest absolute Gasteiger partial charge is 0.255 e. The van der Waals surface area contributed by atoms with Gasteiger partial charge in [0.05, 0.1) is 5.56 Å². The summed E-state index contributed by atoms with van der Waals surface area (Å²) in [5.74, 6) is -0.215. The Morgan fingerprint density at radius 1 is 1.37 bits per heavy atom. The van der Waals surface area contributed by atoms with Crippen LogP contribution in [0.4, 0.5) is 5.69 Å². The van der Waals surface area contributed by atoms with Crippen molar-refractivity contribution in [3.8, 4) is 0 Å². The zero-order valence-corrected chi connectivity index (χ0v) is 12.1. The predicted molar refractivity (Wildman–Crippen MR) is 78.7 cm³/mol. The SMILES string of the molecule is Cc1cc(N)c(C(=O)NCc2ccc(Br)cc2)cn1. The van der Waals surface area contributed by atoms with Crippen molar-refractivity contribution in [2.24, 2.45) is 0 Å². The Morgan fingerprint density at radius 2 is 2.05 bits per heavy atom. The van der Waals surface area contributed by atoms with Gasteiger partial charge in [0.1, 0.15) is 0 Å². The number of amides is 1. The molecule has 0 bridgehead atoms. The highest BCUT2D eigenvalue weighted by atomic mass is 79.9. The first-order valence-electron chi connectivity index (χ1n) is 5.81. The van der Waals surface area contributed by atoms with Crippen LogP contribution in [0.2, 0.25) is 0 Å². The third-order valence-corrected chi connectivity index (χ3v) is 3.21. The van der Waals surface area contributed by atoms with Crippen LogP contribution in [0.1, 0.15) is 21.6 Å². The number of nitrogens with one attached hydrogen (secondary N) is 1. The molecule has 0 saturated carbocycles. The number of hydrogen-bond donors (Lipinski definition) is 2.